The lowest BCUT2D eigenvalue weighted by molar-refractivity contribution is 0.509. The predicted octanol–water partition coefficient (Wildman–Crippen LogP) is 2.23. The molecule has 0 radical (unpaired) electrons. The van der Waals surface area contributed by atoms with Crippen molar-refractivity contribution in [2.75, 3.05) is 19.3 Å². The highest BCUT2D eigenvalue weighted by Crippen LogP contribution is 2.27. The molecule has 0 amide bonds. The molecule has 27 heavy (non-hydrogen) atoms. The van der Waals surface area contributed by atoms with Crippen molar-refractivity contribution in [3.05, 3.63) is 16.3 Å². The Hall–Kier alpha value is -0.710. The van der Waals surface area contributed by atoms with E-state index in [0.29, 0.717) is 19.1 Å². The van der Waals surface area contributed by atoms with Crippen LogP contribution in [0.1, 0.15) is 51.3 Å². The molecule has 7 nitrogen and oxygen atoms in total. The fourth-order valence-electron chi connectivity index (χ4n) is 3.80. The number of thioether (sulfide) groups is 1. The van der Waals surface area contributed by atoms with E-state index in [-0.39, 0.29) is 29.7 Å². The molecule has 3 rings (SSSR count). The van der Waals surface area contributed by atoms with Crippen LogP contribution >= 0.6 is 35.7 Å². The minimum Gasteiger partial charge on any atom is -0.357 e. The molecule has 2 aliphatic rings. The zero-order valence-corrected chi connectivity index (χ0v) is 19.6. The van der Waals surface area contributed by atoms with Gasteiger partial charge in [-0.15, -0.1) is 24.0 Å². The molecule has 1 aromatic rings. The maximum absolute atomic E-state index is 12.3. The monoisotopic (exact) mass is 508 g/mol. The van der Waals surface area contributed by atoms with Crippen molar-refractivity contribution in [1.29, 1.82) is 0 Å². The first-order chi connectivity index (χ1) is 12.7. The molecule has 2 heterocycles. The third kappa shape index (κ3) is 6.13. The highest BCUT2D eigenvalue weighted by atomic mass is 127. The smallest absolute Gasteiger partial charge is 0.345 e. The van der Waals surface area contributed by atoms with Gasteiger partial charge in [-0.3, -0.25) is 9.56 Å². The lowest BCUT2D eigenvalue weighted by atomic mass is 10.2. The third-order valence-electron chi connectivity index (χ3n) is 5.23. The van der Waals surface area contributed by atoms with E-state index in [2.05, 4.69) is 28.9 Å². The predicted molar refractivity (Wildman–Crippen MR) is 124 cm³/mol. The maximum atomic E-state index is 12.3. The van der Waals surface area contributed by atoms with Crippen molar-refractivity contribution < 1.29 is 0 Å². The number of aromatic nitrogens is 3. The second kappa shape index (κ2) is 11.3. The summed E-state index contributed by atoms with van der Waals surface area (Å²) in [6.45, 7) is 5.10. The van der Waals surface area contributed by atoms with E-state index in [0.717, 1.165) is 55.8 Å². The van der Waals surface area contributed by atoms with Gasteiger partial charge in [0.2, 0.25) is 0 Å². The molecule has 1 aromatic heterocycles. The van der Waals surface area contributed by atoms with Crippen LogP contribution < -0.4 is 16.3 Å². The summed E-state index contributed by atoms with van der Waals surface area (Å²) in [5.41, 5.74) is 0.0442. The van der Waals surface area contributed by atoms with Crippen molar-refractivity contribution in [3.8, 4) is 0 Å². The van der Waals surface area contributed by atoms with Crippen LogP contribution in [-0.4, -0.2) is 50.9 Å². The summed E-state index contributed by atoms with van der Waals surface area (Å²) in [5, 5.41) is 12.2. The minimum absolute atomic E-state index is 0. The lowest BCUT2D eigenvalue weighted by Crippen LogP contribution is -2.42. The van der Waals surface area contributed by atoms with Gasteiger partial charge in [0.25, 0.3) is 0 Å². The molecule has 0 spiro atoms. The molecule has 9 heteroatoms. The molecule has 0 saturated heterocycles. The van der Waals surface area contributed by atoms with Gasteiger partial charge in [-0.2, -0.15) is 16.9 Å². The van der Waals surface area contributed by atoms with E-state index in [4.69, 9.17) is 4.99 Å². The first-order valence-electron chi connectivity index (χ1n) is 9.95. The summed E-state index contributed by atoms with van der Waals surface area (Å²) in [4.78, 5) is 17.0. The molecular weight excluding hydrogens is 475 g/mol. The Balaban J connectivity index is 0.00000261. The molecule has 1 fully saturated rings. The number of rotatable bonds is 7. The molecule has 1 aliphatic carbocycles. The van der Waals surface area contributed by atoms with E-state index in [1.54, 1.807) is 4.68 Å². The summed E-state index contributed by atoms with van der Waals surface area (Å²) >= 11 is 1.97. The molecular formula is C18H33IN6OS. The molecule has 2 N–H and O–H groups in total. The van der Waals surface area contributed by atoms with Crippen LogP contribution in [0, 0.1) is 0 Å². The van der Waals surface area contributed by atoms with Crippen LogP contribution in [0.5, 0.6) is 0 Å². The van der Waals surface area contributed by atoms with Gasteiger partial charge in [-0.05, 0) is 51.7 Å². The average molecular weight is 508 g/mol. The van der Waals surface area contributed by atoms with Crippen LogP contribution in [0.25, 0.3) is 0 Å². The molecule has 2 atom stereocenters. The Labute approximate surface area is 183 Å². The lowest BCUT2D eigenvalue weighted by Gasteiger charge is -2.17. The van der Waals surface area contributed by atoms with Crippen LogP contribution in [0.4, 0.5) is 0 Å². The van der Waals surface area contributed by atoms with Gasteiger partial charge in [0.05, 0.1) is 0 Å². The van der Waals surface area contributed by atoms with E-state index in [1.807, 2.05) is 16.3 Å². The topological polar surface area (TPSA) is 76.2 Å². The minimum atomic E-state index is 0. The van der Waals surface area contributed by atoms with E-state index >= 15 is 0 Å². The number of hydrogen-bond donors (Lipinski definition) is 2. The fraction of sp³-hybridized carbons (Fsp3) is 0.833. The van der Waals surface area contributed by atoms with Crippen molar-refractivity contribution in [3.63, 3.8) is 0 Å². The summed E-state index contributed by atoms with van der Waals surface area (Å²) in [6, 6.07) is 0.521. The number of halogens is 1. The quantitative estimate of drug-likeness (QED) is 0.256. The zero-order chi connectivity index (χ0) is 18.4. The Morgan fingerprint density at radius 2 is 2.22 bits per heavy atom. The summed E-state index contributed by atoms with van der Waals surface area (Å²) in [5.74, 6) is 1.85. The van der Waals surface area contributed by atoms with Crippen LogP contribution in [0.2, 0.25) is 0 Å². The maximum Gasteiger partial charge on any atom is 0.345 e. The first-order valence-corrected chi connectivity index (χ1v) is 11.2. The third-order valence-corrected chi connectivity index (χ3v) is 6.33. The standard InChI is InChI=1S/C18H32N6OS.HI/c1-3-19-17(21-14-8-9-15(13-14)26-2)20-10-6-12-24-18(25)23-11-5-4-7-16(23)22-24;/h14-15H,3-13H2,1-2H3,(H2,19,20,21);1H. The van der Waals surface area contributed by atoms with Gasteiger partial charge in [0.1, 0.15) is 5.82 Å². The number of guanidine groups is 1. The highest BCUT2D eigenvalue weighted by molar-refractivity contribution is 14.0. The van der Waals surface area contributed by atoms with Gasteiger partial charge >= 0.3 is 5.69 Å². The van der Waals surface area contributed by atoms with E-state index < -0.39 is 0 Å². The number of nitrogens with zero attached hydrogens (tertiary/aromatic N) is 4. The number of nitrogens with one attached hydrogen (secondary N) is 2. The van der Waals surface area contributed by atoms with Crippen LogP contribution in [0.15, 0.2) is 9.79 Å². The van der Waals surface area contributed by atoms with Crippen molar-refractivity contribution in [2.45, 2.75) is 76.3 Å². The van der Waals surface area contributed by atoms with Crippen LogP contribution in [-0.2, 0) is 19.5 Å². The SMILES string of the molecule is CCNC(=NCCCn1nc2n(c1=O)CCCC2)NC1CCC(SC)C1.I. The normalized spacial score (nSPS) is 22.2. The van der Waals surface area contributed by atoms with Gasteiger partial charge in [0, 0.05) is 43.9 Å². The summed E-state index contributed by atoms with van der Waals surface area (Å²) in [7, 11) is 0. The van der Waals surface area contributed by atoms with Gasteiger partial charge < -0.3 is 10.6 Å². The molecule has 2 unspecified atom stereocenters. The Bertz CT molecular complexity index is 673. The number of aliphatic imine (C=N–C) groups is 1. The largest absolute Gasteiger partial charge is 0.357 e. The Kier molecular flexibility index (Phi) is 9.47. The van der Waals surface area contributed by atoms with E-state index in [1.165, 1.54) is 19.3 Å². The molecule has 0 bridgehead atoms. The molecule has 0 aromatic carbocycles. The number of fused-ring (bicyclic) bond motifs is 1. The highest BCUT2D eigenvalue weighted by Gasteiger charge is 2.24. The van der Waals surface area contributed by atoms with Crippen molar-refractivity contribution in [1.82, 2.24) is 25.0 Å². The summed E-state index contributed by atoms with van der Waals surface area (Å²) in [6.07, 6.45) is 9.87. The summed E-state index contributed by atoms with van der Waals surface area (Å²) < 4.78 is 3.46. The van der Waals surface area contributed by atoms with Crippen LogP contribution in [0.3, 0.4) is 0 Å². The average Bonchev–Trinajstić information content (AvgIpc) is 3.23. The number of aryl methyl sites for hydroxylation is 2. The van der Waals surface area contributed by atoms with Gasteiger partial charge in [-0.1, -0.05) is 0 Å². The van der Waals surface area contributed by atoms with Gasteiger partial charge in [0.15, 0.2) is 5.96 Å². The first kappa shape index (κ1) is 22.6. The molecule has 1 aliphatic heterocycles. The van der Waals surface area contributed by atoms with E-state index in [9.17, 15) is 4.79 Å². The Morgan fingerprint density at radius 1 is 1.37 bits per heavy atom. The number of hydrogen-bond acceptors (Lipinski definition) is 4. The Morgan fingerprint density at radius 3 is 2.93 bits per heavy atom. The van der Waals surface area contributed by atoms with Crippen molar-refractivity contribution >= 4 is 41.7 Å². The van der Waals surface area contributed by atoms with Crippen molar-refractivity contribution in [2.24, 2.45) is 4.99 Å². The van der Waals surface area contributed by atoms with Gasteiger partial charge in [-0.25, -0.2) is 9.48 Å². The molecule has 154 valence electrons. The second-order valence-electron chi connectivity index (χ2n) is 7.16. The fourth-order valence-corrected chi connectivity index (χ4v) is 4.60. The molecule has 1 saturated carbocycles. The zero-order valence-electron chi connectivity index (χ0n) is 16.4. The second-order valence-corrected chi connectivity index (χ2v) is 8.29.